The van der Waals surface area contributed by atoms with Crippen molar-refractivity contribution in [3.05, 3.63) is 33.9 Å². The molecule has 1 heterocycles. The van der Waals surface area contributed by atoms with Crippen molar-refractivity contribution in [2.45, 2.75) is 31.0 Å². The number of rotatable bonds is 5. The van der Waals surface area contributed by atoms with Crippen molar-refractivity contribution in [3.63, 3.8) is 0 Å². The zero-order valence-electron chi connectivity index (χ0n) is 17.1. The van der Waals surface area contributed by atoms with Crippen LogP contribution >= 0.6 is 0 Å². The molecule has 0 fully saturated rings. The second kappa shape index (κ2) is 10.9. The summed E-state index contributed by atoms with van der Waals surface area (Å²) in [5, 5.41) is 27.2. The average molecular weight is 466 g/mol. The maximum atomic E-state index is 12.8. The number of non-ortho nitro benzene ring substituents is 1. The van der Waals surface area contributed by atoms with E-state index < -0.39 is 71.3 Å². The fraction of sp³-hybridized carbons (Fsp3) is 0.389. The molecule has 0 saturated carbocycles. The minimum atomic E-state index is -1.60. The van der Waals surface area contributed by atoms with Crippen LogP contribution in [0.2, 0.25) is 0 Å². The normalized spacial score (nSPS) is 21.8. The maximum absolute atomic E-state index is 12.8. The van der Waals surface area contributed by atoms with E-state index in [1.54, 1.807) is 0 Å². The van der Waals surface area contributed by atoms with Crippen LogP contribution in [0.15, 0.2) is 18.2 Å². The molecule has 1 unspecified atom stereocenters. The van der Waals surface area contributed by atoms with Crippen molar-refractivity contribution >= 4 is 35.2 Å². The number of amides is 5. The lowest BCUT2D eigenvalue weighted by molar-refractivity contribution is -0.384. The third-order valence-corrected chi connectivity index (χ3v) is 4.59. The van der Waals surface area contributed by atoms with E-state index in [4.69, 9.17) is 16.2 Å². The Morgan fingerprint density at radius 2 is 1.79 bits per heavy atom. The van der Waals surface area contributed by atoms with E-state index in [2.05, 4.69) is 16.0 Å². The molecule has 5 amide bonds. The standard InChI is InChI=1S/C18H22N6O9/c19-14(26)6-11-17(29)23-12(7-25)18(30)21-10(15(20)27)3-4-33-13-2-1-8(24(31)32)5-9(13)16(28)22-11/h1-2,5,10-12,25H,3-4,6-7H2,(H2,19,26)(H2,20,27)(H,21,30)(H,22,28)(H,23,29)/t10?,11-,12-/m0/s1. The third kappa shape index (κ3) is 6.60. The molecule has 0 aromatic heterocycles. The number of ether oxygens (including phenoxy) is 1. The predicted molar refractivity (Wildman–Crippen MR) is 108 cm³/mol. The lowest BCUT2D eigenvalue weighted by Crippen LogP contribution is -2.58. The van der Waals surface area contributed by atoms with Crippen LogP contribution in [0.1, 0.15) is 23.2 Å². The summed E-state index contributed by atoms with van der Waals surface area (Å²) >= 11 is 0. The maximum Gasteiger partial charge on any atom is 0.270 e. The number of hydrogen-bond acceptors (Lipinski definition) is 9. The van der Waals surface area contributed by atoms with Gasteiger partial charge in [-0.2, -0.15) is 0 Å². The number of benzene rings is 1. The molecule has 178 valence electrons. The largest absolute Gasteiger partial charge is 0.493 e. The van der Waals surface area contributed by atoms with Gasteiger partial charge in [-0.25, -0.2) is 0 Å². The summed E-state index contributed by atoms with van der Waals surface area (Å²) < 4.78 is 5.47. The number of primary amides is 2. The molecule has 15 nitrogen and oxygen atoms in total. The Morgan fingerprint density at radius 1 is 1.12 bits per heavy atom. The van der Waals surface area contributed by atoms with Gasteiger partial charge in [0.1, 0.15) is 23.9 Å². The van der Waals surface area contributed by atoms with E-state index in [0.717, 1.165) is 18.2 Å². The van der Waals surface area contributed by atoms with Crippen LogP contribution in [0.3, 0.4) is 0 Å². The van der Waals surface area contributed by atoms with Crippen LogP contribution in [0, 0.1) is 10.1 Å². The molecular formula is C18H22N6O9. The Labute approximate surface area is 186 Å². The van der Waals surface area contributed by atoms with Gasteiger partial charge in [-0.15, -0.1) is 0 Å². The Balaban J connectivity index is 2.50. The second-order valence-electron chi connectivity index (χ2n) is 6.98. The van der Waals surface area contributed by atoms with Gasteiger partial charge in [0.05, 0.1) is 30.1 Å². The Hall–Kier alpha value is -4.27. The first kappa shape index (κ1) is 25.0. The van der Waals surface area contributed by atoms with Gasteiger partial charge in [0.15, 0.2) is 0 Å². The molecule has 1 aliphatic rings. The zero-order valence-corrected chi connectivity index (χ0v) is 17.1. The van der Waals surface area contributed by atoms with Gasteiger partial charge in [0.25, 0.3) is 11.6 Å². The topological polar surface area (TPSA) is 246 Å². The summed E-state index contributed by atoms with van der Waals surface area (Å²) in [6.45, 7) is -1.13. The Kier molecular flexibility index (Phi) is 8.22. The van der Waals surface area contributed by atoms with Gasteiger partial charge in [-0.05, 0) is 6.07 Å². The summed E-state index contributed by atoms with van der Waals surface area (Å²) in [7, 11) is 0. The molecule has 0 saturated heterocycles. The minimum Gasteiger partial charge on any atom is -0.493 e. The fourth-order valence-electron chi connectivity index (χ4n) is 2.89. The highest BCUT2D eigenvalue weighted by atomic mass is 16.6. The molecule has 33 heavy (non-hydrogen) atoms. The van der Waals surface area contributed by atoms with Crippen LogP contribution in [0.25, 0.3) is 0 Å². The van der Waals surface area contributed by atoms with Crippen LogP contribution in [-0.4, -0.2) is 70.9 Å². The molecule has 1 aliphatic heterocycles. The number of nitro groups is 1. The van der Waals surface area contributed by atoms with Gasteiger partial charge >= 0.3 is 0 Å². The molecule has 0 aliphatic carbocycles. The average Bonchev–Trinajstić information content (AvgIpc) is 2.74. The van der Waals surface area contributed by atoms with Crippen LogP contribution in [-0.2, 0) is 19.2 Å². The first-order valence-corrected chi connectivity index (χ1v) is 9.54. The molecule has 2 rings (SSSR count). The van der Waals surface area contributed by atoms with Gasteiger partial charge in [-0.3, -0.25) is 34.1 Å². The van der Waals surface area contributed by atoms with E-state index in [0.29, 0.717) is 0 Å². The number of carbonyl (C=O) groups is 5. The highest BCUT2D eigenvalue weighted by molar-refractivity contribution is 6.02. The van der Waals surface area contributed by atoms with E-state index in [1.165, 1.54) is 0 Å². The van der Waals surface area contributed by atoms with E-state index in [9.17, 15) is 39.2 Å². The number of aliphatic hydroxyl groups excluding tert-OH is 1. The number of nitrogens with two attached hydrogens (primary N) is 2. The number of carbonyl (C=O) groups excluding carboxylic acids is 5. The Bertz CT molecular complexity index is 982. The van der Waals surface area contributed by atoms with Crippen LogP contribution < -0.4 is 32.2 Å². The van der Waals surface area contributed by atoms with E-state index in [1.807, 2.05) is 0 Å². The molecule has 15 heteroatoms. The van der Waals surface area contributed by atoms with Crippen molar-refractivity contribution in [1.29, 1.82) is 0 Å². The lowest BCUT2D eigenvalue weighted by Gasteiger charge is -2.24. The van der Waals surface area contributed by atoms with Crippen molar-refractivity contribution in [1.82, 2.24) is 16.0 Å². The summed E-state index contributed by atoms with van der Waals surface area (Å²) in [5.41, 5.74) is 9.63. The summed E-state index contributed by atoms with van der Waals surface area (Å²) in [5.74, 6) is -5.06. The van der Waals surface area contributed by atoms with Gasteiger partial charge in [-0.1, -0.05) is 0 Å². The van der Waals surface area contributed by atoms with Gasteiger partial charge < -0.3 is 37.3 Å². The van der Waals surface area contributed by atoms with E-state index >= 15 is 0 Å². The van der Waals surface area contributed by atoms with Crippen LogP contribution in [0.4, 0.5) is 5.69 Å². The fourth-order valence-corrected chi connectivity index (χ4v) is 2.89. The number of hydrogen-bond donors (Lipinski definition) is 6. The monoisotopic (exact) mass is 466 g/mol. The number of fused-ring (bicyclic) bond motifs is 1. The summed E-state index contributed by atoms with van der Waals surface area (Å²) in [6.07, 6.45) is -0.845. The quantitative estimate of drug-likeness (QED) is 0.189. The molecule has 0 bridgehead atoms. The molecule has 1 aromatic rings. The highest BCUT2D eigenvalue weighted by Crippen LogP contribution is 2.25. The van der Waals surface area contributed by atoms with Gasteiger partial charge in [0.2, 0.25) is 23.6 Å². The number of nitro benzene ring substituents is 1. The van der Waals surface area contributed by atoms with Gasteiger partial charge in [0, 0.05) is 18.6 Å². The zero-order chi connectivity index (χ0) is 24.7. The lowest BCUT2D eigenvalue weighted by atomic mass is 10.1. The second-order valence-corrected chi connectivity index (χ2v) is 6.98. The van der Waals surface area contributed by atoms with Crippen molar-refractivity contribution in [2.75, 3.05) is 13.2 Å². The molecular weight excluding hydrogens is 444 g/mol. The molecule has 0 spiro atoms. The first-order chi connectivity index (χ1) is 15.5. The number of nitrogens with one attached hydrogen (secondary N) is 3. The first-order valence-electron chi connectivity index (χ1n) is 9.54. The van der Waals surface area contributed by atoms with E-state index in [-0.39, 0.29) is 24.3 Å². The summed E-state index contributed by atoms with van der Waals surface area (Å²) in [6, 6.07) is -1.30. The Morgan fingerprint density at radius 3 is 2.36 bits per heavy atom. The predicted octanol–water partition coefficient (Wildman–Crippen LogP) is -3.20. The van der Waals surface area contributed by atoms with Crippen LogP contribution in [0.5, 0.6) is 5.75 Å². The number of aliphatic hydroxyl groups is 1. The molecule has 1 aromatic carbocycles. The molecule has 0 radical (unpaired) electrons. The SMILES string of the molecule is NC(=O)C[C@@H]1NC(=O)c2cc([N+](=O)[O-])ccc2OCCC(C(N)=O)NC(=O)[C@H](CO)NC1=O. The summed E-state index contributed by atoms with van der Waals surface area (Å²) in [4.78, 5) is 71.3. The van der Waals surface area contributed by atoms with Crippen molar-refractivity contribution in [3.8, 4) is 5.75 Å². The molecule has 8 N–H and O–H groups in total. The highest BCUT2D eigenvalue weighted by Gasteiger charge is 2.31. The number of nitrogens with zero attached hydrogens (tertiary/aromatic N) is 1. The van der Waals surface area contributed by atoms with Crippen molar-refractivity contribution < 1.29 is 38.7 Å². The smallest absolute Gasteiger partial charge is 0.270 e. The molecule has 3 atom stereocenters. The van der Waals surface area contributed by atoms with Crippen molar-refractivity contribution in [2.24, 2.45) is 11.5 Å². The minimum absolute atomic E-state index is 0.129. The third-order valence-electron chi connectivity index (χ3n) is 4.59.